The standard InChI is InChI=1S/C17H20ClN3O/c1-11-4-5-13(8-12(11)2)10-21(14-6-7-14)15-9-19-20(3)17(22)16(15)18/h4-5,8-9,14H,6-7,10H2,1-3H3. The first-order chi connectivity index (χ1) is 10.5. The molecule has 0 atom stereocenters. The Morgan fingerprint density at radius 2 is 2.05 bits per heavy atom. The predicted molar refractivity (Wildman–Crippen MR) is 89.6 cm³/mol. The number of nitrogens with zero attached hydrogens (tertiary/aromatic N) is 3. The van der Waals surface area contributed by atoms with E-state index in [4.69, 9.17) is 11.6 Å². The smallest absolute Gasteiger partial charge is 0.287 e. The Labute approximate surface area is 135 Å². The van der Waals surface area contributed by atoms with Crippen LogP contribution in [0.1, 0.15) is 29.5 Å². The molecule has 116 valence electrons. The van der Waals surface area contributed by atoms with Gasteiger partial charge < -0.3 is 4.90 Å². The number of rotatable bonds is 4. The summed E-state index contributed by atoms with van der Waals surface area (Å²) in [7, 11) is 1.61. The first-order valence-electron chi connectivity index (χ1n) is 7.52. The number of aromatic nitrogens is 2. The molecule has 0 spiro atoms. The van der Waals surface area contributed by atoms with E-state index in [0.29, 0.717) is 6.04 Å². The number of hydrogen-bond acceptors (Lipinski definition) is 3. The predicted octanol–water partition coefficient (Wildman–Crippen LogP) is 3.22. The molecule has 2 aromatic rings. The van der Waals surface area contributed by atoms with Gasteiger partial charge in [0.2, 0.25) is 0 Å². The summed E-state index contributed by atoms with van der Waals surface area (Å²) in [5.41, 5.74) is 4.29. The maximum absolute atomic E-state index is 12.0. The van der Waals surface area contributed by atoms with Crippen LogP contribution in [0.2, 0.25) is 5.02 Å². The summed E-state index contributed by atoms with van der Waals surface area (Å²) in [6, 6.07) is 6.93. The topological polar surface area (TPSA) is 38.1 Å². The molecule has 5 heteroatoms. The average molecular weight is 318 g/mol. The van der Waals surface area contributed by atoms with Gasteiger partial charge in [-0.05, 0) is 43.4 Å². The second kappa shape index (κ2) is 5.76. The van der Waals surface area contributed by atoms with E-state index in [0.717, 1.165) is 25.1 Å². The van der Waals surface area contributed by atoms with Gasteiger partial charge in [0.15, 0.2) is 0 Å². The number of benzene rings is 1. The van der Waals surface area contributed by atoms with Crippen molar-refractivity contribution in [1.82, 2.24) is 9.78 Å². The molecule has 1 heterocycles. The molecule has 0 N–H and O–H groups in total. The van der Waals surface area contributed by atoms with Crippen molar-refractivity contribution >= 4 is 17.3 Å². The Bertz CT molecular complexity index is 765. The molecule has 1 fully saturated rings. The van der Waals surface area contributed by atoms with Crippen molar-refractivity contribution in [2.24, 2.45) is 7.05 Å². The van der Waals surface area contributed by atoms with Crippen molar-refractivity contribution in [3.8, 4) is 0 Å². The van der Waals surface area contributed by atoms with Crippen molar-refractivity contribution in [3.05, 3.63) is 56.5 Å². The number of anilines is 1. The largest absolute Gasteiger partial charge is 0.362 e. The lowest BCUT2D eigenvalue weighted by atomic mass is 10.1. The van der Waals surface area contributed by atoms with E-state index < -0.39 is 0 Å². The highest BCUT2D eigenvalue weighted by Crippen LogP contribution is 2.35. The van der Waals surface area contributed by atoms with Crippen LogP contribution in [0.4, 0.5) is 5.69 Å². The lowest BCUT2D eigenvalue weighted by Crippen LogP contribution is -2.29. The third-order valence-electron chi connectivity index (χ3n) is 4.28. The lowest BCUT2D eigenvalue weighted by molar-refractivity contribution is 0.696. The molecule has 1 saturated carbocycles. The second-order valence-electron chi connectivity index (χ2n) is 6.05. The van der Waals surface area contributed by atoms with Crippen molar-refractivity contribution in [1.29, 1.82) is 0 Å². The highest BCUT2D eigenvalue weighted by atomic mass is 35.5. The SMILES string of the molecule is Cc1ccc(CN(c2cnn(C)c(=O)c2Cl)C2CC2)cc1C. The van der Waals surface area contributed by atoms with Crippen molar-refractivity contribution in [2.45, 2.75) is 39.3 Å². The number of aryl methyl sites for hydroxylation is 3. The van der Waals surface area contributed by atoms with E-state index in [2.05, 4.69) is 42.0 Å². The van der Waals surface area contributed by atoms with E-state index in [1.54, 1.807) is 13.2 Å². The fourth-order valence-corrected chi connectivity index (χ4v) is 2.88. The summed E-state index contributed by atoms with van der Waals surface area (Å²) in [5.74, 6) is 0. The van der Waals surface area contributed by atoms with Gasteiger partial charge in [-0.1, -0.05) is 29.8 Å². The maximum Gasteiger partial charge on any atom is 0.287 e. The summed E-state index contributed by atoms with van der Waals surface area (Å²) in [4.78, 5) is 14.2. The van der Waals surface area contributed by atoms with Gasteiger partial charge in [-0.25, -0.2) is 4.68 Å². The summed E-state index contributed by atoms with van der Waals surface area (Å²) in [5, 5.41) is 4.38. The zero-order valence-corrected chi connectivity index (χ0v) is 13.9. The summed E-state index contributed by atoms with van der Waals surface area (Å²) in [6.45, 7) is 4.98. The van der Waals surface area contributed by atoms with Crippen LogP contribution in [0.15, 0.2) is 29.2 Å². The minimum atomic E-state index is -0.245. The molecule has 0 bridgehead atoms. The van der Waals surface area contributed by atoms with Gasteiger partial charge >= 0.3 is 0 Å². The summed E-state index contributed by atoms with van der Waals surface area (Å²) < 4.78 is 1.27. The second-order valence-corrected chi connectivity index (χ2v) is 6.43. The van der Waals surface area contributed by atoms with Crippen LogP contribution < -0.4 is 10.5 Å². The van der Waals surface area contributed by atoms with Gasteiger partial charge in [0.1, 0.15) is 5.02 Å². The normalized spacial score (nSPS) is 14.2. The Kier molecular flexibility index (Phi) is 3.96. The molecule has 0 aliphatic heterocycles. The van der Waals surface area contributed by atoms with Crippen LogP contribution in [0, 0.1) is 13.8 Å². The molecule has 22 heavy (non-hydrogen) atoms. The highest BCUT2D eigenvalue weighted by Gasteiger charge is 2.31. The van der Waals surface area contributed by atoms with Crippen molar-refractivity contribution < 1.29 is 0 Å². The van der Waals surface area contributed by atoms with E-state index >= 15 is 0 Å². The first kappa shape index (κ1) is 15.1. The third-order valence-corrected chi connectivity index (χ3v) is 4.64. The van der Waals surface area contributed by atoms with E-state index in [1.807, 2.05) is 0 Å². The number of hydrogen-bond donors (Lipinski definition) is 0. The minimum absolute atomic E-state index is 0.245. The molecule has 0 amide bonds. The van der Waals surface area contributed by atoms with Gasteiger partial charge in [0.25, 0.3) is 5.56 Å². The molecule has 0 radical (unpaired) electrons. The van der Waals surface area contributed by atoms with Gasteiger partial charge in [-0.15, -0.1) is 0 Å². The molecule has 0 saturated heterocycles. The minimum Gasteiger partial charge on any atom is -0.362 e. The van der Waals surface area contributed by atoms with E-state index in [1.165, 1.54) is 21.4 Å². The fraction of sp³-hybridized carbons (Fsp3) is 0.412. The van der Waals surface area contributed by atoms with Gasteiger partial charge in [-0.3, -0.25) is 4.79 Å². The van der Waals surface area contributed by atoms with Crippen LogP contribution in [-0.2, 0) is 13.6 Å². The van der Waals surface area contributed by atoms with Crippen LogP contribution >= 0.6 is 11.6 Å². The van der Waals surface area contributed by atoms with Gasteiger partial charge in [0.05, 0.1) is 11.9 Å². The van der Waals surface area contributed by atoms with Gasteiger partial charge in [-0.2, -0.15) is 5.10 Å². The monoisotopic (exact) mass is 317 g/mol. The van der Waals surface area contributed by atoms with Crippen molar-refractivity contribution in [2.75, 3.05) is 4.90 Å². The molecule has 1 aliphatic rings. The zero-order valence-electron chi connectivity index (χ0n) is 13.1. The molecule has 3 rings (SSSR count). The summed E-state index contributed by atoms with van der Waals surface area (Å²) >= 11 is 6.27. The Balaban J connectivity index is 1.95. The lowest BCUT2D eigenvalue weighted by Gasteiger charge is -2.25. The molecular weight excluding hydrogens is 298 g/mol. The Morgan fingerprint density at radius 3 is 2.68 bits per heavy atom. The molecule has 1 aliphatic carbocycles. The highest BCUT2D eigenvalue weighted by molar-refractivity contribution is 6.33. The molecular formula is C17H20ClN3O. The molecule has 4 nitrogen and oxygen atoms in total. The quantitative estimate of drug-likeness (QED) is 0.869. The molecule has 1 aromatic heterocycles. The molecule has 0 unspecified atom stereocenters. The van der Waals surface area contributed by atoms with Crippen LogP contribution in [-0.4, -0.2) is 15.8 Å². The average Bonchev–Trinajstić information content (AvgIpc) is 3.31. The van der Waals surface area contributed by atoms with Crippen LogP contribution in [0.5, 0.6) is 0 Å². The first-order valence-corrected chi connectivity index (χ1v) is 7.89. The zero-order chi connectivity index (χ0) is 15.9. The Morgan fingerprint density at radius 1 is 1.32 bits per heavy atom. The molecule has 1 aromatic carbocycles. The Hall–Kier alpha value is -1.81. The van der Waals surface area contributed by atoms with Crippen molar-refractivity contribution in [3.63, 3.8) is 0 Å². The van der Waals surface area contributed by atoms with Crippen LogP contribution in [0.3, 0.4) is 0 Å². The number of halogens is 1. The summed E-state index contributed by atoms with van der Waals surface area (Å²) in [6.07, 6.45) is 3.97. The fourth-order valence-electron chi connectivity index (χ4n) is 2.60. The van der Waals surface area contributed by atoms with Gasteiger partial charge in [0, 0.05) is 19.6 Å². The van der Waals surface area contributed by atoms with E-state index in [-0.39, 0.29) is 10.6 Å². The maximum atomic E-state index is 12.0. The van der Waals surface area contributed by atoms with E-state index in [9.17, 15) is 4.79 Å². The van der Waals surface area contributed by atoms with Crippen LogP contribution in [0.25, 0.3) is 0 Å². The third kappa shape index (κ3) is 2.88.